The molecule has 1 aliphatic heterocycles. The Hall–Kier alpha value is -3.91. The number of morpholine rings is 1. The van der Waals surface area contributed by atoms with Crippen molar-refractivity contribution >= 4 is 16.8 Å². The molecule has 0 atom stereocenters. The van der Waals surface area contributed by atoms with Crippen LogP contribution in [-0.4, -0.2) is 59.7 Å². The third-order valence-electron chi connectivity index (χ3n) is 7.45. The van der Waals surface area contributed by atoms with Gasteiger partial charge in [-0.25, -0.2) is 9.37 Å². The zero-order valence-corrected chi connectivity index (χ0v) is 25.5. The Kier molecular flexibility index (Phi) is 11.0. The molecule has 0 radical (unpaired) electrons. The van der Waals surface area contributed by atoms with Gasteiger partial charge in [0.25, 0.3) is 0 Å². The lowest BCUT2D eigenvalue weighted by molar-refractivity contribution is 0.0594. The number of nitrogens with one attached hydrogen (secondary N) is 1. The van der Waals surface area contributed by atoms with Gasteiger partial charge in [0.05, 0.1) is 29.8 Å². The first kappa shape index (κ1) is 31.0. The van der Waals surface area contributed by atoms with Crippen molar-refractivity contribution in [3.8, 4) is 17.1 Å². The molecule has 1 saturated heterocycles. The number of carbonyl (C=O) groups excluding carboxylic acids is 1. The number of fused-ring (bicyclic) bond motifs is 1. The van der Waals surface area contributed by atoms with Crippen LogP contribution in [0, 0.1) is 5.82 Å². The van der Waals surface area contributed by atoms with E-state index in [9.17, 15) is 4.79 Å². The average Bonchev–Trinajstić information content (AvgIpc) is 3.36. The van der Waals surface area contributed by atoms with Crippen LogP contribution in [0.15, 0.2) is 72.1 Å². The monoisotopic (exact) mass is 574 g/mol. The molecule has 2 aromatic carbocycles. The number of benzene rings is 2. The van der Waals surface area contributed by atoms with Gasteiger partial charge in [-0.3, -0.25) is 4.79 Å². The van der Waals surface area contributed by atoms with E-state index in [2.05, 4.69) is 41.8 Å². The molecule has 0 spiro atoms. The normalized spacial score (nSPS) is 14.8. The van der Waals surface area contributed by atoms with E-state index in [1.807, 2.05) is 37.3 Å². The number of Topliss-reactive ketones (excluding diaryl/α,β-unsaturated/α-hetero) is 1. The van der Waals surface area contributed by atoms with E-state index >= 15 is 4.39 Å². The third kappa shape index (κ3) is 7.68. The summed E-state index contributed by atoms with van der Waals surface area (Å²) in [6.45, 7) is 14.3. The summed E-state index contributed by atoms with van der Waals surface area (Å²) in [5.41, 5.74) is 4.58. The molecule has 0 amide bonds. The van der Waals surface area contributed by atoms with Crippen molar-refractivity contribution in [2.75, 3.05) is 39.5 Å². The molecule has 1 aliphatic rings. The molecule has 0 bridgehead atoms. The van der Waals surface area contributed by atoms with Gasteiger partial charge in [-0.05, 0) is 93.9 Å². The molecule has 42 heavy (non-hydrogen) atoms. The van der Waals surface area contributed by atoms with Crippen LogP contribution >= 0.6 is 0 Å². The molecule has 1 fully saturated rings. The summed E-state index contributed by atoms with van der Waals surface area (Å²) in [5.74, 6) is 0.592. The topological polar surface area (TPSA) is 68.6 Å². The van der Waals surface area contributed by atoms with Crippen molar-refractivity contribution in [1.29, 1.82) is 0 Å². The SMILES string of the molecule is CCNC(/C=C(\C)COc1ccc(-c2nc3cc(C(C)=O)ccc3n2C(CC)CC)c(F)c1)=C/C=C/N1CCOCC1. The summed E-state index contributed by atoms with van der Waals surface area (Å²) in [5, 5.41) is 3.38. The number of ether oxygens (including phenoxy) is 2. The lowest BCUT2D eigenvalue weighted by atomic mass is 10.1. The van der Waals surface area contributed by atoms with E-state index < -0.39 is 5.82 Å². The van der Waals surface area contributed by atoms with Crippen LogP contribution in [0.2, 0.25) is 0 Å². The molecule has 0 saturated carbocycles. The average molecular weight is 575 g/mol. The second kappa shape index (κ2) is 14.8. The second-order valence-corrected chi connectivity index (χ2v) is 10.6. The molecule has 0 unspecified atom stereocenters. The summed E-state index contributed by atoms with van der Waals surface area (Å²) < 4.78 is 29.1. The Bertz CT molecular complexity index is 1460. The Morgan fingerprint density at radius 3 is 2.55 bits per heavy atom. The molecule has 1 aromatic heterocycles. The predicted octanol–water partition coefficient (Wildman–Crippen LogP) is 7.07. The summed E-state index contributed by atoms with van der Waals surface area (Å²) in [4.78, 5) is 19.0. The van der Waals surface area contributed by atoms with Crippen LogP contribution in [0.25, 0.3) is 22.4 Å². The van der Waals surface area contributed by atoms with Crippen molar-refractivity contribution in [2.24, 2.45) is 0 Å². The van der Waals surface area contributed by atoms with E-state index in [0.717, 1.165) is 62.5 Å². The number of hydrogen-bond acceptors (Lipinski definition) is 6. The maximum atomic E-state index is 15.6. The van der Waals surface area contributed by atoms with Crippen molar-refractivity contribution in [1.82, 2.24) is 19.8 Å². The van der Waals surface area contributed by atoms with Gasteiger partial charge < -0.3 is 24.3 Å². The van der Waals surface area contributed by atoms with Crippen LogP contribution in [0.1, 0.15) is 63.9 Å². The number of aromatic nitrogens is 2. The summed E-state index contributed by atoms with van der Waals surface area (Å²) >= 11 is 0. The lowest BCUT2D eigenvalue weighted by Crippen LogP contribution is -2.31. The molecule has 2 heterocycles. The fourth-order valence-electron chi connectivity index (χ4n) is 5.16. The minimum atomic E-state index is -0.398. The largest absolute Gasteiger partial charge is 0.489 e. The van der Waals surface area contributed by atoms with Crippen molar-refractivity contribution in [3.05, 3.63) is 83.5 Å². The quantitative estimate of drug-likeness (QED) is 0.174. The van der Waals surface area contributed by atoms with E-state index in [-0.39, 0.29) is 11.8 Å². The zero-order chi connectivity index (χ0) is 30.1. The molecular weight excluding hydrogens is 531 g/mol. The van der Waals surface area contributed by atoms with Crippen LogP contribution in [0.5, 0.6) is 5.75 Å². The lowest BCUT2D eigenvalue weighted by Gasteiger charge is -2.24. The molecule has 3 aromatic rings. The van der Waals surface area contributed by atoms with E-state index in [1.54, 1.807) is 18.2 Å². The summed E-state index contributed by atoms with van der Waals surface area (Å²) in [7, 11) is 0. The standard InChI is InChI=1S/C34H43FN4O3/c1-6-28(7-2)39-33-14-11-26(25(5)40)21-32(33)37-34(39)30-13-12-29(22-31(30)35)42-23-24(4)20-27(36-8-3)10-9-15-38-16-18-41-19-17-38/h9-15,20-22,28,36H,6-8,16-19,23H2,1-5H3/b15-9+,24-20+,27-10+. The predicted molar refractivity (Wildman–Crippen MR) is 167 cm³/mol. The molecule has 8 heteroatoms. The fourth-order valence-corrected chi connectivity index (χ4v) is 5.16. The Balaban J connectivity index is 1.52. The Labute approximate surface area is 248 Å². The highest BCUT2D eigenvalue weighted by molar-refractivity contribution is 5.97. The van der Waals surface area contributed by atoms with Gasteiger partial charge in [-0.15, -0.1) is 0 Å². The van der Waals surface area contributed by atoms with Gasteiger partial charge in [0.15, 0.2) is 5.78 Å². The smallest absolute Gasteiger partial charge is 0.159 e. The molecule has 224 valence electrons. The van der Waals surface area contributed by atoms with E-state index in [1.165, 1.54) is 13.0 Å². The highest BCUT2D eigenvalue weighted by Crippen LogP contribution is 2.34. The van der Waals surface area contributed by atoms with Gasteiger partial charge in [0.2, 0.25) is 0 Å². The Morgan fingerprint density at radius 2 is 1.88 bits per heavy atom. The Morgan fingerprint density at radius 1 is 1.12 bits per heavy atom. The number of carbonyl (C=O) groups is 1. The van der Waals surface area contributed by atoms with Crippen LogP contribution in [-0.2, 0) is 4.74 Å². The van der Waals surface area contributed by atoms with Gasteiger partial charge in [-0.2, -0.15) is 0 Å². The number of nitrogens with zero attached hydrogens (tertiary/aromatic N) is 3. The maximum absolute atomic E-state index is 15.6. The molecular formula is C34H43FN4O3. The van der Waals surface area contributed by atoms with Gasteiger partial charge in [0, 0.05) is 43.0 Å². The maximum Gasteiger partial charge on any atom is 0.159 e. The van der Waals surface area contributed by atoms with Gasteiger partial charge >= 0.3 is 0 Å². The first-order chi connectivity index (χ1) is 20.3. The number of likely N-dealkylation sites (N-methyl/N-ethyl adjacent to an activating group) is 1. The van der Waals surface area contributed by atoms with Gasteiger partial charge in [-0.1, -0.05) is 13.8 Å². The zero-order valence-electron chi connectivity index (χ0n) is 25.5. The van der Waals surface area contributed by atoms with Crippen LogP contribution in [0.3, 0.4) is 0 Å². The summed E-state index contributed by atoms with van der Waals surface area (Å²) in [6, 6.07) is 10.6. The number of allylic oxidation sites excluding steroid dienone is 3. The molecule has 0 aliphatic carbocycles. The highest BCUT2D eigenvalue weighted by atomic mass is 19.1. The first-order valence-electron chi connectivity index (χ1n) is 14.9. The fraction of sp³-hybridized carbons (Fsp3) is 0.412. The molecule has 4 rings (SSSR count). The van der Waals surface area contributed by atoms with E-state index in [0.29, 0.717) is 34.8 Å². The van der Waals surface area contributed by atoms with Crippen LogP contribution in [0.4, 0.5) is 4.39 Å². The second-order valence-electron chi connectivity index (χ2n) is 10.6. The number of halogens is 1. The number of hydrogen-bond donors (Lipinski definition) is 1. The molecule has 7 nitrogen and oxygen atoms in total. The van der Waals surface area contributed by atoms with Crippen molar-refractivity contribution in [2.45, 2.75) is 53.5 Å². The van der Waals surface area contributed by atoms with E-state index in [4.69, 9.17) is 14.5 Å². The third-order valence-corrected chi connectivity index (χ3v) is 7.45. The van der Waals surface area contributed by atoms with Crippen LogP contribution < -0.4 is 10.1 Å². The van der Waals surface area contributed by atoms with Crippen molar-refractivity contribution < 1.29 is 18.7 Å². The number of ketones is 1. The van der Waals surface area contributed by atoms with Gasteiger partial charge in [0.1, 0.15) is 24.0 Å². The minimum absolute atomic E-state index is 0.0231. The minimum Gasteiger partial charge on any atom is -0.489 e. The summed E-state index contributed by atoms with van der Waals surface area (Å²) in [6.07, 6.45) is 9.98. The highest BCUT2D eigenvalue weighted by Gasteiger charge is 2.21. The van der Waals surface area contributed by atoms with Crippen molar-refractivity contribution in [3.63, 3.8) is 0 Å². The molecule has 1 N–H and O–H groups in total. The first-order valence-corrected chi connectivity index (χ1v) is 14.9. The number of imidazole rings is 1. The number of rotatable bonds is 13.